The summed E-state index contributed by atoms with van der Waals surface area (Å²) in [7, 11) is -4.16. The van der Waals surface area contributed by atoms with E-state index in [0.29, 0.717) is 34.6 Å². The molecule has 2 heterocycles. The highest BCUT2D eigenvalue weighted by atomic mass is 35.5. The van der Waals surface area contributed by atoms with Gasteiger partial charge >= 0.3 is 0 Å². The van der Waals surface area contributed by atoms with Gasteiger partial charge in [-0.05, 0) is 55.3 Å². The van der Waals surface area contributed by atoms with Crippen molar-refractivity contribution < 1.29 is 22.8 Å². The number of hydrogen-bond donors (Lipinski definition) is 3. The van der Waals surface area contributed by atoms with Crippen LogP contribution in [0.2, 0.25) is 5.02 Å². The smallest absolute Gasteiger partial charge is 0.279 e. The van der Waals surface area contributed by atoms with Gasteiger partial charge in [-0.15, -0.1) is 0 Å². The van der Waals surface area contributed by atoms with Gasteiger partial charge in [0.15, 0.2) is 5.03 Å². The molecule has 1 aliphatic rings. The Bertz CT molecular complexity index is 1330. The Morgan fingerprint density at radius 2 is 1.82 bits per heavy atom. The zero-order valence-electron chi connectivity index (χ0n) is 17.4. The molecule has 0 unspecified atom stereocenters. The molecule has 0 radical (unpaired) electrons. The number of amides is 3. The van der Waals surface area contributed by atoms with Crippen LogP contribution in [0.25, 0.3) is 10.9 Å². The minimum atomic E-state index is -4.16. The summed E-state index contributed by atoms with van der Waals surface area (Å²) in [6.07, 6.45) is 2.31. The molecule has 9 nitrogen and oxygen atoms in total. The van der Waals surface area contributed by atoms with Crippen LogP contribution in [0.15, 0.2) is 53.6 Å². The van der Waals surface area contributed by atoms with Crippen molar-refractivity contribution in [2.75, 3.05) is 18.0 Å². The molecule has 1 aliphatic heterocycles. The van der Waals surface area contributed by atoms with Crippen LogP contribution in [0.4, 0.5) is 5.69 Å². The highest BCUT2D eigenvalue weighted by molar-refractivity contribution is 7.90. The van der Waals surface area contributed by atoms with E-state index in [2.05, 4.69) is 10.3 Å². The number of aromatic nitrogens is 1. The number of sulfonamides is 1. The van der Waals surface area contributed by atoms with Crippen molar-refractivity contribution in [1.29, 1.82) is 0 Å². The van der Waals surface area contributed by atoms with Crippen LogP contribution < -0.4 is 14.9 Å². The number of benzene rings is 2. The van der Waals surface area contributed by atoms with Gasteiger partial charge in [-0.1, -0.05) is 17.7 Å². The summed E-state index contributed by atoms with van der Waals surface area (Å²) in [5.74, 6) is -1.38. The monoisotopic (exact) mass is 488 g/mol. The molecule has 0 spiro atoms. The largest absolute Gasteiger partial charge is 0.344 e. The van der Waals surface area contributed by atoms with Gasteiger partial charge in [0.05, 0.1) is 6.54 Å². The second-order valence-electron chi connectivity index (χ2n) is 7.63. The Balaban J connectivity index is 1.35. The molecule has 3 N–H and O–H groups in total. The summed E-state index contributed by atoms with van der Waals surface area (Å²) >= 11 is 5.91. The van der Waals surface area contributed by atoms with E-state index in [1.165, 1.54) is 6.07 Å². The summed E-state index contributed by atoms with van der Waals surface area (Å²) in [6, 6.07) is 12.7. The average Bonchev–Trinajstić information content (AvgIpc) is 3.22. The first-order valence-electron chi connectivity index (χ1n) is 10.3. The third-order valence-electron chi connectivity index (χ3n) is 5.27. The minimum absolute atomic E-state index is 0.0504. The topological polar surface area (TPSA) is 128 Å². The first-order valence-corrected chi connectivity index (χ1v) is 12.1. The number of aromatic amines is 1. The number of piperidine rings is 1. The van der Waals surface area contributed by atoms with E-state index in [9.17, 15) is 22.8 Å². The number of anilines is 1. The number of halogens is 1. The fraction of sp³-hybridized carbons (Fsp3) is 0.227. The van der Waals surface area contributed by atoms with Gasteiger partial charge < -0.3 is 15.2 Å². The number of carbonyl (C=O) groups excluding carboxylic acids is 3. The van der Waals surface area contributed by atoms with Crippen molar-refractivity contribution >= 4 is 55.9 Å². The van der Waals surface area contributed by atoms with Gasteiger partial charge in [0.25, 0.3) is 21.8 Å². The minimum Gasteiger partial charge on any atom is -0.344 e. The SMILES string of the molecule is O=C(CNC(=O)c1ccc(N2CCCCC2=O)cc1)NS(=O)(=O)c1cc2ccc(Cl)cc2[nH]1. The Kier molecular flexibility index (Phi) is 6.39. The van der Waals surface area contributed by atoms with Crippen LogP contribution >= 0.6 is 11.6 Å². The first kappa shape index (κ1) is 22.8. The maximum atomic E-state index is 12.5. The summed E-state index contributed by atoms with van der Waals surface area (Å²) in [6.45, 7) is 0.110. The Morgan fingerprint density at radius 1 is 1.06 bits per heavy atom. The molecule has 0 aliphatic carbocycles. The summed E-state index contributed by atoms with van der Waals surface area (Å²) in [5, 5.41) is 3.26. The van der Waals surface area contributed by atoms with Crippen molar-refractivity contribution in [3.8, 4) is 0 Å². The lowest BCUT2D eigenvalue weighted by atomic mass is 10.1. The van der Waals surface area contributed by atoms with Crippen molar-refractivity contribution in [1.82, 2.24) is 15.0 Å². The third-order valence-corrected chi connectivity index (χ3v) is 6.80. The van der Waals surface area contributed by atoms with Gasteiger partial charge in [-0.25, -0.2) is 4.72 Å². The second kappa shape index (κ2) is 9.24. The average molecular weight is 489 g/mol. The lowest BCUT2D eigenvalue weighted by Crippen LogP contribution is -2.39. The van der Waals surface area contributed by atoms with Crippen LogP contribution in [0.3, 0.4) is 0 Å². The molecule has 3 amide bonds. The fourth-order valence-electron chi connectivity index (χ4n) is 3.59. The van der Waals surface area contributed by atoms with E-state index in [1.54, 1.807) is 47.4 Å². The van der Waals surface area contributed by atoms with E-state index in [1.807, 2.05) is 4.72 Å². The van der Waals surface area contributed by atoms with E-state index >= 15 is 0 Å². The fourth-order valence-corrected chi connectivity index (χ4v) is 4.77. The third kappa shape index (κ3) is 5.18. The van der Waals surface area contributed by atoms with E-state index in [0.717, 1.165) is 12.8 Å². The molecule has 2 aromatic carbocycles. The normalized spacial score (nSPS) is 14.3. The molecule has 1 fully saturated rings. The van der Waals surface area contributed by atoms with E-state index in [-0.39, 0.29) is 16.5 Å². The van der Waals surface area contributed by atoms with Gasteiger partial charge in [0, 0.05) is 40.1 Å². The lowest BCUT2D eigenvalue weighted by molar-refractivity contribution is -0.120. The summed E-state index contributed by atoms with van der Waals surface area (Å²) in [5.41, 5.74) is 1.50. The molecular weight excluding hydrogens is 468 g/mol. The second-order valence-corrected chi connectivity index (χ2v) is 9.71. The van der Waals surface area contributed by atoms with Crippen molar-refractivity contribution in [2.45, 2.75) is 24.3 Å². The van der Waals surface area contributed by atoms with Gasteiger partial charge in [0.2, 0.25) is 5.91 Å². The quantitative estimate of drug-likeness (QED) is 0.491. The molecule has 0 saturated carbocycles. The highest BCUT2D eigenvalue weighted by Crippen LogP contribution is 2.23. The number of H-pyrrole nitrogens is 1. The Morgan fingerprint density at radius 3 is 2.55 bits per heavy atom. The molecule has 0 bridgehead atoms. The van der Waals surface area contributed by atoms with Crippen LogP contribution in [-0.2, 0) is 19.6 Å². The maximum absolute atomic E-state index is 12.5. The molecule has 1 saturated heterocycles. The van der Waals surface area contributed by atoms with Crippen LogP contribution in [0.1, 0.15) is 29.6 Å². The predicted molar refractivity (Wildman–Crippen MR) is 124 cm³/mol. The molecule has 0 atom stereocenters. The predicted octanol–water partition coefficient (Wildman–Crippen LogP) is 2.57. The number of fused-ring (bicyclic) bond motifs is 1. The highest BCUT2D eigenvalue weighted by Gasteiger charge is 2.22. The molecule has 3 aromatic rings. The molecule has 11 heteroatoms. The van der Waals surface area contributed by atoms with Crippen molar-refractivity contribution in [3.05, 3.63) is 59.1 Å². The molecular formula is C22H21ClN4O5S. The number of hydrogen-bond acceptors (Lipinski definition) is 5. The molecule has 1 aromatic heterocycles. The first-order chi connectivity index (χ1) is 15.7. The molecule has 33 heavy (non-hydrogen) atoms. The van der Waals surface area contributed by atoms with Crippen molar-refractivity contribution in [3.63, 3.8) is 0 Å². The van der Waals surface area contributed by atoms with Crippen molar-refractivity contribution in [2.24, 2.45) is 0 Å². The lowest BCUT2D eigenvalue weighted by Gasteiger charge is -2.26. The van der Waals surface area contributed by atoms with Crippen LogP contribution in [0, 0.1) is 0 Å². The van der Waals surface area contributed by atoms with Gasteiger partial charge in [-0.2, -0.15) is 8.42 Å². The maximum Gasteiger partial charge on any atom is 0.279 e. The summed E-state index contributed by atoms with van der Waals surface area (Å²) in [4.78, 5) is 40.9. The molecule has 172 valence electrons. The molecule has 4 rings (SSSR count). The Hall–Kier alpha value is -3.37. The van der Waals surface area contributed by atoms with Gasteiger partial charge in [-0.3, -0.25) is 14.4 Å². The Labute approximate surface area is 195 Å². The van der Waals surface area contributed by atoms with Crippen LogP contribution in [0.5, 0.6) is 0 Å². The number of nitrogens with zero attached hydrogens (tertiary/aromatic N) is 1. The van der Waals surface area contributed by atoms with Crippen LogP contribution in [-0.4, -0.2) is 44.2 Å². The van der Waals surface area contributed by atoms with E-state index < -0.39 is 28.4 Å². The number of rotatable bonds is 6. The summed E-state index contributed by atoms with van der Waals surface area (Å²) < 4.78 is 26.9. The zero-order valence-corrected chi connectivity index (χ0v) is 19.0. The zero-order chi connectivity index (χ0) is 23.6. The number of carbonyl (C=O) groups is 3. The standard InChI is InChI=1S/C22H21ClN4O5S/c23-16-7-4-15-11-20(25-18(15)12-16)33(31,32)26-19(28)13-24-22(30)14-5-8-17(9-6-14)27-10-2-1-3-21(27)29/h4-9,11-12,25H,1-3,10,13H2,(H,24,30)(H,26,28). The number of nitrogens with one attached hydrogen (secondary N) is 3. The van der Waals surface area contributed by atoms with Gasteiger partial charge in [0.1, 0.15) is 0 Å². The van der Waals surface area contributed by atoms with E-state index in [4.69, 9.17) is 11.6 Å².